The van der Waals surface area contributed by atoms with Gasteiger partial charge in [0.2, 0.25) is 11.9 Å². The van der Waals surface area contributed by atoms with E-state index in [0.717, 1.165) is 43.9 Å². The molecule has 4 rings (SSSR count). The van der Waals surface area contributed by atoms with Crippen molar-refractivity contribution in [2.24, 2.45) is 0 Å². The van der Waals surface area contributed by atoms with E-state index in [0.29, 0.717) is 13.0 Å². The lowest BCUT2D eigenvalue weighted by Gasteiger charge is -2.46. The molecule has 1 unspecified atom stereocenters. The smallest absolute Gasteiger partial charge is 0.475 e. The van der Waals surface area contributed by atoms with Crippen LogP contribution in [0.3, 0.4) is 0 Å². The van der Waals surface area contributed by atoms with Crippen molar-refractivity contribution in [3.63, 3.8) is 0 Å². The average molecular weight is 437 g/mol. The van der Waals surface area contributed by atoms with Gasteiger partial charge in [-0.1, -0.05) is 6.07 Å². The molecule has 2 aliphatic rings. The zero-order valence-corrected chi connectivity index (χ0v) is 16.6. The van der Waals surface area contributed by atoms with Crippen LogP contribution in [0.25, 0.3) is 0 Å². The molecule has 1 atom stereocenters. The van der Waals surface area contributed by atoms with E-state index < -0.39 is 12.1 Å². The molecule has 0 saturated carbocycles. The molecule has 1 amide bonds. The highest BCUT2D eigenvalue weighted by Crippen LogP contribution is 2.39. The Labute approximate surface area is 176 Å². The van der Waals surface area contributed by atoms with Crippen LogP contribution in [-0.2, 0) is 16.1 Å². The molecule has 2 aromatic rings. The second-order valence-electron chi connectivity index (χ2n) is 7.44. The average Bonchev–Trinajstić information content (AvgIpc) is 3.04. The fourth-order valence-corrected chi connectivity index (χ4v) is 3.97. The van der Waals surface area contributed by atoms with Gasteiger partial charge in [-0.25, -0.2) is 14.8 Å². The Morgan fingerprint density at radius 1 is 1.16 bits per heavy atom. The summed E-state index contributed by atoms with van der Waals surface area (Å²) < 4.78 is 31.7. The van der Waals surface area contributed by atoms with Crippen molar-refractivity contribution in [2.75, 3.05) is 18.0 Å². The lowest BCUT2D eigenvalue weighted by molar-refractivity contribution is -0.192. The van der Waals surface area contributed by atoms with E-state index in [2.05, 4.69) is 24.8 Å². The lowest BCUT2D eigenvalue weighted by Crippen LogP contribution is -2.56. The summed E-state index contributed by atoms with van der Waals surface area (Å²) in [4.78, 5) is 38.7. The fourth-order valence-electron chi connectivity index (χ4n) is 3.97. The number of carboxylic acids is 1. The summed E-state index contributed by atoms with van der Waals surface area (Å²) in [7, 11) is 0. The number of piperidine rings is 1. The number of likely N-dealkylation sites (tertiary alicyclic amines) is 1. The van der Waals surface area contributed by atoms with Crippen LogP contribution in [0.5, 0.6) is 0 Å². The molecule has 2 saturated heterocycles. The van der Waals surface area contributed by atoms with Gasteiger partial charge in [-0.05, 0) is 37.0 Å². The van der Waals surface area contributed by atoms with E-state index in [1.807, 2.05) is 24.4 Å². The van der Waals surface area contributed by atoms with Crippen molar-refractivity contribution in [3.05, 3.63) is 48.5 Å². The monoisotopic (exact) mass is 437 g/mol. The number of aromatic nitrogens is 3. The number of carbonyl (C=O) groups is 2. The molecule has 0 aromatic carbocycles. The summed E-state index contributed by atoms with van der Waals surface area (Å²) in [5.41, 5.74) is 0.977. The summed E-state index contributed by atoms with van der Waals surface area (Å²) in [5.74, 6) is -1.75. The number of halogens is 3. The number of amides is 1. The van der Waals surface area contributed by atoms with E-state index in [4.69, 9.17) is 9.90 Å². The van der Waals surface area contributed by atoms with Crippen molar-refractivity contribution >= 4 is 17.8 Å². The zero-order chi connectivity index (χ0) is 22.5. The predicted molar refractivity (Wildman–Crippen MR) is 104 cm³/mol. The highest BCUT2D eigenvalue weighted by atomic mass is 19.4. The summed E-state index contributed by atoms with van der Waals surface area (Å²) in [5, 5.41) is 7.12. The predicted octanol–water partition coefficient (Wildman–Crippen LogP) is 2.67. The molecule has 0 radical (unpaired) electrons. The molecule has 31 heavy (non-hydrogen) atoms. The Bertz CT molecular complexity index is 898. The number of nitrogens with zero attached hydrogens (tertiary/aromatic N) is 5. The molecule has 2 aliphatic heterocycles. The van der Waals surface area contributed by atoms with Crippen LogP contribution >= 0.6 is 0 Å². The van der Waals surface area contributed by atoms with Crippen molar-refractivity contribution in [1.29, 1.82) is 0 Å². The molecule has 166 valence electrons. The molecular weight excluding hydrogens is 415 g/mol. The van der Waals surface area contributed by atoms with Gasteiger partial charge in [0.15, 0.2) is 0 Å². The minimum absolute atomic E-state index is 0.107. The first-order chi connectivity index (χ1) is 14.7. The first-order valence-electron chi connectivity index (χ1n) is 9.73. The van der Waals surface area contributed by atoms with Crippen molar-refractivity contribution in [2.45, 2.75) is 43.9 Å². The summed E-state index contributed by atoms with van der Waals surface area (Å²) in [6, 6.07) is 5.79. The number of carbonyl (C=O) groups excluding carboxylic acids is 1. The van der Waals surface area contributed by atoms with Gasteiger partial charge < -0.3 is 14.9 Å². The molecule has 1 spiro atoms. The molecule has 8 nitrogen and oxygen atoms in total. The minimum atomic E-state index is -5.08. The zero-order valence-electron chi connectivity index (χ0n) is 16.6. The van der Waals surface area contributed by atoms with Crippen LogP contribution in [0.15, 0.2) is 43.0 Å². The Kier molecular flexibility index (Phi) is 6.71. The van der Waals surface area contributed by atoms with E-state index in [-0.39, 0.29) is 11.4 Å². The van der Waals surface area contributed by atoms with Gasteiger partial charge in [-0.15, -0.1) is 0 Å². The maximum absolute atomic E-state index is 12.6. The largest absolute Gasteiger partial charge is 0.490 e. The Morgan fingerprint density at radius 2 is 1.87 bits per heavy atom. The van der Waals surface area contributed by atoms with Crippen molar-refractivity contribution < 1.29 is 27.9 Å². The summed E-state index contributed by atoms with van der Waals surface area (Å²) >= 11 is 0. The number of hydrogen-bond acceptors (Lipinski definition) is 6. The number of pyridine rings is 1. The lowest BCUT2D eigenvalue weighted by atomic mass is 9.86. The van der Waals surface area contributed by atoms with Crippen LogP contribution in [0.1, 0.15) is 31.2 Å². The molecule has 4 heterocycles. The molecule has 2 aromatic heterocycles. The van der Waals surface area contributed by atoms with Gasteiger partial charge in [0.1, 0.15) is 0 Å². The standard InChI is InChI=1S/C18H21N5O.C2HF3O2/c24-16-5-7-18(23(16)13-15-4-1-8-19-12-15)6-2-11-22(14-18)17-20-9-3-10-21-17;3-2(4,5)1(6)7/h1,3-4,8-10,12H,2,5-7,11,13-14H2;(H,6,7). The number of aliphatic carboxylic acids is 1. The number of alkyl halides is 3. The normalized spacial score (nSPS) is 21.1. The van der Waals surface area contributed by atoms with Gasteiger partial charge in [0.25, 0.3) is 0 Å². The van der Waals surface area contributed by atoms with Gasteiger partial charge in [0, 0.05) is 50.8 Å². The SMILES string of the molecule is O=C(O)C(F)(F)F.O=C1CCC2(CCCN(c3ncccn3)C2)N1Cc1cccnc1. The van der Waals surface area contributed by atoms with Crippen LogP contribution in [0.2, 0.25) is 0 Å². The van der Waals surface area contributed by atoms with Crippen molar-refractivity contribution in [3.8, 4) is 0 Å². The molecule has 0 bridgehead atoms. The van der Waals surface area contributed by atoms with E-state index in [1.165, 1.54) is 0 Å². The third kappa shape index (κ3) is 5.47. The van der Waals surface area contributed by atoms with Gasteiger partial charge in [0.05, 0.1) is 5.54 Å². The first-order valence-corrected chi connectivity index (χ1v) is 9.73. The van der Waals surface area contributed by atoms with Crippen molar-refractivity contribution in [1.82, 2.24) is 19.9 Å². The van der Waals surface area contributed by atoms with Gasteiger partial charge in [-0.3, -0.25) is 9.78 Å². The maximum atomic E-state index is 12.6. The molecule has 0 aliphatic carbocycles. The Morgan fingerprint density at radius 3 is 2.48 bits per heavy atom. The quantitative estimate of drug-likeness (QED) is 0.788. The fraction of sp³-hybridized carbons (Fsp3) is 0.450. The number of carboxylic acid groups (broad SMARTS) is 1. The Hall–Kier alpha value is -3.24. The van der Waals surface area contributed by atoms with Crippen LogP contribution in [0.4, 0.5) is 19.1 Å². The first kappa shape index (κ1) is 22.4. The van der Waals surface area contributed by atoms with E-state index in [1.54, 1.807) is 18.6 Å². The van der Waals surface area contributed by atoms with E-state index >= 15 is 0 Å². The van der Waals surface area contributed by atoms with Crippen LogP contribution < -0.4 is 4.90 Å². The topological polar surface area (TPSA) is 99.5 Å². The maximum Gasteiger partial charge on any atom is 0.490 e. The summed E-state index contributed by atoms with van der Waals surface area (Å²) in [6.07, 6.45) is 5.71. The Balaban J connectivity index is 0.000000339. The molecule has 1 N–H and O–H groups in total. The second-order valence-corrected chi connectivity index (χ2v) is 7.44. The van der Waals surface area contributed by atoms with Crippen LogP contribution in [0, 0.1) is 0 Å². The third-order valence-electron chi connectivity index (χ3n) is 5.37. The number of anilines is 1. The second kappa shape index (κ2) is 9.27. The van der Waals surface area contributed by atoms with Gasteiger partial charge >= 0.3 is 12.1 Å². The van der Waals surface area contributed by atoms with E-state index in [9.17, 15) is 18.0 Å². The molecule has 11 heteroatoms. The highest BCUT2D eigenvalue weighted by Gasteiger charge is 2.47. The molecule has 2 fully saturated rings. The van der Waals surface area contributed by atoms with Crippen LogP contribution in [-0.4, -0.2) is 61.6 Å². The molecular formula is C20H22F3N5O3. The third-order valence-corrected chi connectivity index (χ3v) is 5.37. The number of rotatable bonds is 3. The summed E-state index contributed by atoms with van der Waals surface area (Å²) in [6.45, 7) is 2.39. The van der Waals surface area contributed by atoms with Gasteiger partial charge in [-0.2, -0.15) is 13.2 Å². The highest BCUT2D eigenvalue weighted by molar-refractivity contribution is 5.80. The number of hydrogen-bond donors (Lipinski definition) is 1. The minimum Gasteiger partial charge on any atom is -0.475 e.